The van der Waals surface area contributed by atoms with Crippen molar-refractivity contribution in [1.29, 1.82) is 0 Å². The number of allylic oxidation sites excluding steroid dienone is 2. The van der Waals surface area contributed by atoms with Gasteiger partial charge in [0.2, 0.25) is 0 Å². The lowest BCUT2D eigenvalue weighted by atomic mass is 10.3. The fourth-order valence-corrected chi connectivity index (χ4v) is 1.93. The SMILES string of the molecule is C=C/C=C/C(=Nc1ccnc(Cl)c1)N=C(N)c1cccc(C(F)(F)F)n1. The van der Waals surface area contributed by atoms with E-state index in [4.69, 9.17) is 17.3 Å². The summed E-state index contributed by atoms with van der Waals surface area (Å²) in [5.41, 5.74) is 5.07. The van der Waals surface area contributed by atoms with Crippen LogP contribution in [0.1, 0.15) is 11.4 Å². The summed E-state index contributed by atoms with van der Waals surface area (Å²) in [6, 6.07) is 6.46. The second-order valence-corrected chi connectivity index (χ2v) is 5.19. The highest BCUT2D eigenvalue weighted by Gasteiger charge is 2.32. The average Bonchev–Trinajstić information content (AvgIpc) is 2.59. The fraction of sp³-hybridized carbons (Fsp3) is 0.0588. The Labute approximate surface area is 152 Å². The largest absolute Gasteiger partial charge is 0.433 e. The molecule has 0 amide bonds. The summed E-state index contributed by atoms with van der Waals surface area (Å²) < 4.78 is 38.3. The highest BCUT2D eigenvalue weighted by Crippen LogP contribution is 2.27. The first kappa shape index (κ1) is 19.3. The van der Waals surface area contributed by atoms with Crippen molar-refractivity contribution in [3.63, 3.8) is 0 Å². The zero-order chi connectivity index (χ0) is 19.2. The molecular formula is C17H13ClF3N5. The van der Waals surface area contributed by atoms with Gasteiger partial charge in [-0.25, -0.2) is 20.0 Å². The average molecular weight is 380 g/mol. The quantitative estimate of drug-likeness (QED) is 0.372. The van der Waals surface area contributed by atoms with Gasteiger partial charge in [-0.3, -0.25) is 0 Å². The van der Waals surface area contributed by atoms with Crippen molar-refractivity contribution in [3.05, 3.63) is 77.9 Å². The van der Waals surface area contributed by atoms with E-state index in [9.17, 15) is 13.2 Å². The van der Waals surface area contributed by atoms with Crippen molar-refractivity contribution in [2.24, 2.45) is 15.7 Å². The van der Waals surface area contributed by atoms with Gasteiger partial charge in [0.1, 0.15) is 16.5 Å². The van der Waals surface area contributed by atoms with Gasteiger partial charge in [-0.2, -0.15) is 13.2 Å². The molecule has 2 aromatic heterocycles. The molecule has 0 atom stereocenters. The minimum Gasteiger partial charge on any atom is -0.382 e. The van der Waals surface area contributed by atoms with Gasteiger partial charge >= 0.3 is 6.18 Å². The normalized spacial score (nSPS) is 13.2. The second-order valence-electron chi connectivity index (χ2n) is 4.80. The summed E-state index contributed by atoms with van der Waals surface area (Å²) in [6.07, 6.45) is 1.41. The first-order chi connectivity index (χ1) is 12.3. The van der Waals surface area contributed by atoms with Gasteiger partial charge in [-0.05, 0) is 24.3 Å². The van der Waals surface area contributed by atoms with Crippen LogP contribution in [0.5, 0.6) is 0 Å². The molecule has 0 radical (unpaired) electrons. The highest BCUT2D eigenvalue weighted by molar-refractivity contribution is 6.29. The van der Waals surface area contributed by atoms with Gasteiger partial charge in [0.25, 0.3) is 0 Å². The van der Waals surface area contributed by atoms with E-state index in [1.807, 2.05) is 0 Å². The van der Waals surface area contributed by atoms with Crippen LogP contribution in [0.3, 0.4) is 0 Å². The Balaban J connectivity index is 2.43. The summed E-state index contributed by atoms with van der Waals surface area (Å²) >= 11 is 5.80. The Morgan fingerprint density at radius 1 is 1.27 bits per heavy atom. The minimum absolute atomic E-state index is 0.118. The monoisotopic (exact) mass is 379 g/mol. The van der Waals surface area contributed by atoms with E-state index in [0.717, 1.165) is 6.07 Å². The summed E-state index contributed by atoms with van der Waals surface area (Å²) in [7, 11) is 0. The van der Waals surface area contributed by atoms with Crippen LogP contribution < -0.4 is 5.73 Å². The van der Waals surface area contributed by atoms with Crippen molar-refractivity contribution in [1.82, 2.24) is 9.97 Å². The van der Waals surface area contributed by atoms with Crippen LogP contribution >= 0.6 is 11.6 Å². The molecule has 0 aromatic carbocycles. The third kappa shape index (κ3) is 5.52. The maximum atomic E-state index is 12.8. The van der Waals surface area contributed by atoms with Crippen LogP contribution in [0.4, 0.5) is 18.9 Å². The van der Waals surface area contributed by atoms with Crippen molar-refractivity contribution >= 4 is 29.0 Å². The topological polar surface area (TPSA) is 76.5 Å². The Hall–Kier alpha value is -3.00. The molecule has 2 N–H and O–H groups in total. The van der Waals surface area contributed by atoms with Crippen LogP contribution in [0.2, 0.25) is 5.15 Å². The molecule has 0 saturated carbocycles. The zero-order valence-electron chi connectivity index (χ0n) is 13.3. The summed E-state index contributed by atoms with van der Waals surface area (Å²) in [4.78, 5) is 15.6. The predicted octanol–water partition coefficient (Wildman–Crippen LogP) is 4.33. The minimum atomic E-state index is -4.58. The summed E-state index contributed by atoms with van der Waals surface area (Å²) in [5, 5.41) is 0.231. The predicted molar refractivity (Wildman–Crippen MR) is 95.6 cm³/mol. The van der Waals surface area contributed by atoms with Crippen LogP contribution in [-0.4, -0.2) is 21.6 Å². The molecule has 0 aliphatic rings. The fourth-order valence-electron chi connectivity index (χ4n) is 1.76. The molecule has 9 heteroatoms. The zero-order valence-corrected chi connectivity index (χ0v) is 14.0. The maximum Gasteiger partial charge on any atom is 0.433 e. The molecule has 0 fully saturated rings. The van der Waals surface area contributed by atoms with Crippen LogP contribution in [-0.2, 0) is 6.18 Å². The Morgan fingerprint density at radius 3 is 2.69 bits per heavy atom. The van der Waals surface area contributed by atoms with Crippen molar-refractivity contribution in [3.8, 4) is 0 Å². The molecule has 0 saturated heterocycles. The number of aliphatic imine (C=N–C) groups is 2. The van der Waals surface area contributed by atoms with Gasteiger partial charge in [0, 0.05) is 12.3 Å². The van der Waals surface area contributed by atoms with Gasteiger partial charge in [-0.1, -0.05) is 36.4 Å². The van der Waals surface area contributed by atoms with E-state index in [1.165, 1.54) is 36.5 Å². The number of halogens is 4. The lowest BCUT2D eigenvalue weighted by Gasteiger charge is -2.07. The van der Waals surface area contributed by atoms with E-state index >= 15 is 0 Å². The number of rotatable bonds is 4. The van der Waals surface area contributed by atoms with E-state index in [-0.39, 0.29) is 22.5 Å². The smallest absolute Gasteiger partial charge is 0.382 e. The first-order valence-corrected chi connectivity index (χ1v) is 7.55. The van der Waals surface area contributed by atoms with Crippen LogP contribution in [0.15, 0.2) is 71.3 Å². The van der Waals surface area contributed by atoms with E-state index < -0.39 is 11.9 Å². The van der Waals surface area contributed by atoms with Gasteiger partial charge in [0.05, 0.1) is 5.69 Å². The lowest BCUT2D eigenvalue weighted by molar-refractivity contribution is -0.141. The third-order valence-electron chi connectivity index (χ3n) is 2.87. The molecule has 0 spiro atoms. The molecule has 2 aromatic rings. The molecule has 134 valence electrons. The standard InChI is InChI=1S/C17H13ClF3N5/c1-2-3-7-15(24-11-8-9-23-14(18)10-11)26-16(22)12-5-4-6-13(25-12)17(19,20)21/h2-10H,1H2,(H2,22,23,24,26)/b7-3+. The number of nitrogens with zero attached hydrogens (tertiary/aromatic N) is 4. The molecule has 0 bridgehead atoms. The maximum absolute atomic E-state index is 12.8. The van der Waals surface area contributed by atoms with Crippen molar-refractivity contribution in [2.75, 3.05) is 0 Å². The Kier molecular flexibility index (Phi) is 6.24. The third-order valence-corrected chi connectivity index (χ3v) is 3.08. The van der Waals surface area contributed by atoms with Gasteiger partial charge in [-0.15, -0.1) is 0 Å². The number of alkyl halides is 3. The highest BCUT2D eigenvalue weighted by atomic mass is 35.5. The number of nitrogens with two attached hydrogens (primary N) is 1. The molecule has 0 unspecified atom stereocenters. The Morgan fingerprint density at radius 2 is 2.04 bits per heavy atom. The number of aromatic nitrogens is 2. The van der Waals surface area contributed by atoms with E-state index in [0.29, 0.717) is 5.69 Å². The molecule has 2 heterocycles. The number of hydrogen-bond donors (Lipinski definition) is 1. The molecule has 0 aliphatic carbocycles. The van der Waals surface area contributed by atoms with Gasteiger partial charge in [0.15, 0.2) is 11.7 Å². The molecule has 2 rings (SSSR count). The summed E-state index contributed by atoms with van der Waals surface area (Å²) in [5.74, 6) is -0.0902. The molecular weight excluding hydrogens is 367 g/mol. The lowest BCUT2D eigenvalue weighted by Crippen LogP contribution is -2.19. The number of hydrogen-bond acceptors (Lipinski definition) is 3. The molecule has 5 nitrogen and oxygen atoms in total. The van der Waals surface area contributed by atoms with Crippen LogP contribution in [0.25, 0.3) is 0 Å². The van der Waals surface area contributed by atoms with Crippen LogP contribution in [0, 0.1) is 0 Å². The van der Waals surface area contributed by atoms with Crippen molar-refractivity contribution in [2.45, 2.75) is 6.18 Å². The summed E-state index contributed by atoms with van der Waals surface area (Å²) in [6.45, 7) is 3.54. The van der Waals surface area contributed by atoms with Gasteiger partial charge < -0.3 is 5.73 Å². The second kappa shape index (κ2) is 8.39. The number of amidine groups is 2. The molecule has 0 aliphatic heterocycles. The Bertz CT molecular complexity index is 888. The van der Waals surface area contributed by atoms with E-state index in [1.54, 1.807) is 12.1 Å². The van der Waals surface area contributed by atoms with E-state index in [2.05, 4.69) is 26.5 Å². The number of pyridine rings is 2. The first-order valence-electron chi connectivity index (χ1n) is 7.18. The van der Waals surface area contributed by atoms with Crippen molar-refractivity contribution < 1.29 is 13.2 Å². The molecule has 26 heavy (non-hydrogen) atoms.